The third-order valence-electron chi connectivity index (χ3n) is 4.59. The topological polar surface area (TPSA) is 58.6 Å². The fraction of sp³-hybridized carbons (Fsp3) is 0.174. The molecule has 2 N–H and O–H groups in total. The second-order valence-electron chi connectivity index (χ2n) is 6.90. The number of aromatic hydroxyl groups is 1. The van der Waals surface area contributed by atoms with Crippen molar-refractivity contribution in [3.8, 4) is 11.5 Å². The summed E-state index contributed by atoms with van der Waals surface area (Å²) in [5, 5.41) is 12.0. The molecule has 138 valence electrons. The molecule has 0 heterocycles. The summed E-state index contributed by atoms with van der Waals surface area (Å²) in [7, 11) is 0. The molecular formula is C23H23NO3. The molecule has 3 aromatic carbocycles. The Morgan fingerprint density at radius 3 is 2.11 bits per heavy atom. The molecule has 0 saturated heterocycles. The van der Waals surface area contributed by atoms with Crippen molar-refractivity contribution in [3.05, 3.63) is 90.0 Å². The normalized spacial score (nSPS) is 11.0. The van der Waals surface area contributed by atoms with Gasteiger partial charge in [-0.1, -0.05) is 56.3 Å². The molecule has 0 aliphatic carbocycles. The molecule has 0 aromatic heterocycles. The molecule has 0 fully saturated rings. The van der Waals surface area contributed by atoms with Crippen molar-refractivity contribution in [2.75, 3.05) is 11.9 Å². The number of hydrogen-bond donors (Lipinski definition) is 2. The van der Waals surface area contributed by atoms with Crippen LogP contribution in [0.25, 0.3) is 0 Å². The highest BCUT2D eigenvalue weighted by molar-refractivity contribution is 5.91. The number of benzene rings is 3. The molecule has 0 atom stereocenters. The Labute approximate surface area is 159 Å². The van der Waals surface area contributed by atoms with E-state index in [1.165, 1.54) is 23.3 Å². The summed E-state index contributed by atoms with van der Waals surface area (Å²) in [6.07, 6.45) is 0. The van der Waals surface area contributed by atoms with Gasteiger partial charge in [0, 0.05) is 11.1 Å². The van der Waals surface area contributed by atoms with E-state index in [-0.39, 0.29) is 23.7 Å². The van der Waals surface area contributed by atoms with E-state index >= 15 is 0 Å². The van der Waals surface area contributed by atoms with Gasteiger partial charge in [0.15, 0.2) is 6.61 Å². The SMILES string of the molecule is CC(C)(c1ccccc1)c1ccc(OCC(=O)Nc2ccc(O)cc2)cc1. The van der Waals surface area contributed by atoms with Crippen molar-refractivity contribution in [2.45, 2.75) is 19.3 Å². The Balaban J connectivity index is 1.59. The van der Waals surface area contributed by atoms with Crippen molar-refractivity contribution in [3.63, 3.8) is 0 Å². The minimum atomic E-state index is -0.255. The van der Waals surface area contributed by atoms with E-state index < -0.39 is 0 Å². The molecular weight excluding hydrogens is 338 g/mol. The third kappa shape index (κ3) is 4.67. The van der Waals surface area contributed by atoms with Gasteiger partial charge < -0.3 is 15.2 Å². The maximum atomic E-state index is 12.0. The van der Waals surface area contributed by atoms with Crippen LogP contribution in [0.1, 0.15) is 25.0 Å². The molecule has 0 unspecified atom stereocenters. The van der Waals surface area contributed by atoms with Crippen molar-refractivity contribution in [1.29, 1.82) is 0 Å². The molecule has 0 aliphatic rings. The average molecular weight is 361 g/mol. The summed E-state index contributed by atoms with van der Waals surface area (Å²) in [6, 6.07) is 24.5. The number of carbonyl (C=O) groups is 1. The van der Waals surface area contributed by atoms with E-state index in [2.05, 4.69) is 31.3 Å². The number of rotatable bonds is 6. The van der Waals surface area contributed by atoms with Crippen LogP contribution in [0.2, 0.25) is 0 Å². The number of carbonyl (C=O) groups excluding carboxylic acids is 1. The molecule has 0 aliphatic heterocycles. The van der Waals surface area contributed by atoms with Crippen LogP contribution in [0, 0.1) is 0 Å². The van der Waals surface area contributed by atoms with Crippen LogP contribution in [-0.4, -0.2) is 17.6 Å². The second kappa shape index (κ2) is 7.96. The van der Waals surface area contributed by atoms with E-state index in [0.717, 1.165) is 0 Å². The minimum absolute atomic E-state index is 0.0811. The Morgan fingerprint density at radius 1 is 0.889 bits per heavy atom. The van der Waals surface area contributed by atoms with E-state index in [4.69, 9.17) is 4.74 Å². The molecule has 4 heteroatoms. The first kappa shape index (κ1) is 18.5. The second-order valence-corrected chi connectivity index (χ2v) is 6.90. The smallest absolute Gasteiger partial charge is 0.262 e. The van der Waals surface area contributed by atoms with Crippen molar-refractivity contribution in [2.24, 2.45) is 0 Å². The summed E-state index contributed by atoms with van der Waals surface area (Å²) in [4.78, 5) is 12.0. The number of anilines is 1. The van der Waals surface area contributed by atoms with Crippen LogP contribution in [-0.2, 0) is 10.2 Å². The molecule has 27 heavy (non-hydrogen) atoms. The monoisotopic (exact) mass is 361 g/mol. The van der Waals surface area contributed by atoms with Crippen LogP contribution in [0.15, 0.2) is 78.9 Å². The van der Waals surface area contributed by atoms with Crippen molar-refractivity contribution >= 4 is 11.6 Å². The Bertz CT molecular complexity index is 885. The van der Waals surface area contributed by atoms with Gasteiger partial charge in [-0.2, -0.15) is 0 Å². The average Bonchev–Trinajstić information content (AvgIpc) is 2.69. The number of ether oxygens (including phenoxy) is 1. The standard InChI is InChI=1S/C23H23NO3/c1-23(2,17-6-4-3-5-7-17)18-8-14-21(15-9-18)27-16-22(26)24-19-10-12-20(25)13-11-19/h3-15,25H,16H2,1-2H3,(H,24,26). The fourth-order valence-corrected chi connectivity index (χ4v) is 2.88. The Kier molecular flexibility index (Phi) is 5.46. The molecule has 4 nitrogen and oxygen atoms in total. The van der Waals surface area contributed by atoms with E-state index in [1.54, 1.807) is 12.1 Å². The number of phenolic OH excluding ortho intramolecular Hbond substituents is 1. The first-order valence-corrected chi connectivity index (χ1v) is 8.83. The van der Waals surface area contributed by atoms with Crippen LogP contribution in [0.3, 0.4) is 0 Å². The first-order chi connectivity index (χ1) is 12.9. The van der Waals surface area contributed by atoms with Crippen LogP contribution < -0.4 is 10.1 Å². The highest BCUT2D eigenvalue weighted by Crippen LogP contribution is 2.32. The number of amides is 1. The molecule has 0 saturated carbocycles. The molecule has 0 spiro atoms. The van der Waals surface area contributed by atoms with Crippen molar-refractivity contribution < 1.29 is 14.6 Å². The molecule has 3 rings (SSSR count). The molecule has 0 bridgehead atoms. The van der Waals surface area contributed by atoms with Crippen LogP contribution in [0.4, 0.5) is 5.69 Å². The lowest BCUT2D eigenvalue weighted by Gasteiger charge is -2.26. The predicted molar refractivity (Wildman–Crippen MR) is 107 cm³/mol. The Hall–Kier alpha value is -3.27. The van der Waals surface area contributed by atoms with Gasteiger partial charge in [-0.15, -0.1) is 0 Å². The summed E-state index contributed by atoms with van der Waals surface area (Å²) in [5.74, 6) is 0.542. The van der Waals surface area contributed by atoms with Gasteiger partial charge in [-0.3, -0.25) is 4.79 Å². The molecule has 3 aromatic rings. The van der Waals surface area contributed by atoms with Crippen LogP contribution in [0.5, 0.6) is 11.5 Å². The van der Waals surface area contributed by atoms with E-state index in [0.29, 0.717) is 11.4 Å². The minimum Gasteiger partial charge on any atom is -0.508 e. The van der Waals surface area contributed by atoms with E-state index in [9.17, 15) is 9.90 Å². The van der Waals surface area contributed by atoms with Crippen LogP contribution >= 0.6 is 0 Å². The Morgan fingerprint density at radius 2 is 1.48 bits per heavy atom. The summed E-state index contributed by atoms with van der Waals surface area (Å²) in [5.41, 5.74) is 2.92. The van der Waals surface area contributed by atoms with Crippen molar-refractivity contribution in [1.82, 2.24) is 0 Å². The lowest BCUT2D eigenvalue weighted by molar-refractivity contribution is -0.118. The third-order valence-corrected chi connectivity index (χ3v) is 4.59. The zero-order valence-corrected chi connectivity index (χ0v) is 15.5. The maximum absolute atomic E-state index is 12.0. The zero-order valence-electron chi connectivity index (χ0n) is 15.5. The number of hydrogen-bond acceptors (Lipinski definition) is 3. The number of nitrogens with one attached hydrogen (secondary N) is 1. The lowest BCUT2D eigenvalue weighted by atomic mass is 9.78. The highest BCUT2D eigenvalue weighted by Gasteiger charge is 2.22. The van der Waals surface area contributed by atoms with Gasteiger partial charge in [0.2, 0.25) is 0 Å². The molecule has 1 amide bonds. The maximum Gasteiger partial charge on any atom is 0.262 e. The number of phenols is 1. The van der Waals surface area contributed by atoms with Gasteiger partial charge in [-0.05, 0) is 47.5 Å². The zero-order chi connectivity index (χ0) is 19.3. The summed E-state index contributed by atoms with van der Waals surface area (Å²) < 4.78 is 5.58. The van der Waals surface area contributed by atoms with Gasteiger partial charge in [0.25, 0.3) is 5.91 Å². The molecule has 0 radical (unpaired) electrons. The summed E-state index contributed by atoms with van der Waals surface area (Å²) in [6.45, 7) is 4.29. The first-order valence-electron chi connectivity index (χ1n) is 8.83. The summed E-state index contributed by atoms with van der Waals surface area (Å²) >= 11 is 0. The van der Waals surface area contributed by atoms with Gasteiger partial charge in [-0.25, -0.2) is 0 Å². The van der Waals surface area contributed by atoms with Gasteiger partial charge in [0.1, 0.15) is 11.5 Å². The quantitative estimate of drug-likeness (QED) is 0.624. The van der Waals surface area contributed by atoms with Gasteiger partial charge in [0.05, 0.1) is 0 Å². The fourth-order valence-electron chi connectivity index (χ4n) is 2.88. The van der Waals surface area contributed by atoms with E-state index in [1.807, 2.05) is 42.5 Å². The predicted octanol–water partition coefficient (Wildman–Crippen LogP) is 4.74. The highest BCUT2D eigenvalue weighted by atomic mass is 16.5. The lowest BCUT2D eigenvalue weighted by Crippen LogP contribution is -2.20. The van der Waals surface area contributed by atoms with Gasteiger partial charge >= 0.3 is 0 Å². The largest absolute Gasteiger partial charge is 0.508 e.